The molecule has 32 heavy (non-hydrogen) atoms. The van der Waals surface area contributed by atoms with Crippen LogP contribution in [-0.4, -0.2) is 65.3 Å². The average Bonchev–Trinajstić information content (AvgIpc) is 3.46. The van der Waals surface area contributed by atoms with Crippen molar-refractivity contribution in [2.24, 2.45) is 34.5 Å². The number of aliphatic hydroxyl groups is 2. The Labute approximate surface area is 196 Å². The summed E-state index contributed by atoms with van der Waals surface area (Å²) >= 11 is 7.11. The average molecular weight is 471 g/mol. The zero-order chi connectivity index (χ0) is 22.6. The summed E-state index contributed by atoms with van der Waals surface area (Å²) in [5.41, 5.74) is -1.59. The van der Waals surface area contributed by atoms with Gasteiger partial charge in [0.2, 0.25) is 0 Å². The molecule has 182 valence electrons. The fourth-order valence-electron chi connectivity index (χ4n) is 9.63. The molecule has 0 unspecified atom stereocenters. The van der Waals surface area contributed by atoms with E-state index in [0.717, 1.165) is 32.1 Å². The summed E-state index contributed by atoms with van der Waals surface area (Å²) < 4.78 is 24.1. The molecule has 2 N–H and O–H groups in total. The predicted molar refractivity (Wildman–Crippen MR) is 118 cm³/mol. The molecule has 0 bridgehead atoms. The number of aliphatic hydroxyl groups excluding tert-OH is 1. The van der Waals surface area contributed by atoms with Crippen LogP contribution in [0.15, 0.2) is 0 Å². The normalized spacial score (nSPS) is 56.1. The Morgan fingerprint density at radius 1 is 0.812 bits per heavy atom. The molecule has 6 fully saturated rings. The number of ether oxygens (including phenoxy) is 4. The molecule has 9 atom stereocenters. The minimum absolute atomic E-state index is 0.0540. The predicted octanol–water partition coefficient (Wildman–Crippen LogP) is 3.45. The maximum atomic E-state index is 12.1. The molecule has 6 rings (SSSR count). The van der Waals surface area contributed by atoms with Crippen LogP contribution >= 0.6 is 11.6 Å². The van der Waals surface area contributed by atoms with Crippen molar-refractivity contribution < 1.29 is 29.2 Å². The van der Waals surface area contributed by atoms with Gasteiger partial charge in [-0.1, -0.05) is 13.8 Å². The van der Waals surface area contributed by atoms with Crippen molar-refractivity contribution in [1.82, 2.24) is 0 Å². The van der Waals surface area contributed by atoms with Gasteiger partial charge in [-0.05, 0) is 74.5 Å². The second-order valence-corrected chi connectivity index (χ2v) is 12.6. The van der Waals surface area contributed by atoms with Crippen molar-refractivity contribution in [3.8, 4) is 0 Å². The number of hydrogen-bond donors (Lipinski definition) is 2. The molecule has 4 aliphatic carbocycles. The molecule has 0 aromatic rings. The van der Waals surface area contributed by atoms with Gasteiger partial charge in [-0.25, -0.2) is 0 Å². The minimum atomic E-state index is -1.10. The second-order valence-electron chi connectivity index (χ2n) is 12.1. The zero-order valence-corrected chi connectivity index (χ0v) is 20.4. The third-order valence-corrected chi connectivity index (χ3v) is 11.8. The van der Waals surface area contributed by atoms with Gasteiger partial charge < -0.3 is 29.2 Å². The number of fused-ring (bicyclic) bond motifs is 5. The molecule has 4 saturated carbocycles. The number of rotatable bonds is 1. The summed E-state index contributed by atoms with van der Waals surface area (Å²) in [4.78, 5) is 0. The third kappa shape index (κ3) is 2.58. The van der Waals surface area contributed by atoms with Crippen molar-refractivity contribution in [2.45, 2.75) is 94.4 Å². The first-order valence-corrected chi connectivity index (χ1v) is 13.1. The Hall–Kier alpha value is 0.0500. The quantitative estimate of drug-likeness (QED) is 0.571. The summed E-state index contributed by atoms with van der Waals surface area (Å²) in [6.07, 6.45) is 5.48. The maximum absolute atomic E-state index is 12.1. The van der Waals surface area contributed by atoms with Crippen LogP contribution in [0.3, 0.4) is 0 Å². The number of halogens is 1. The minimum Gasteiger partial charge on any atom is -0.393 e. The number of alkyl halides is 1. The molecule has 1 spiro atoms. The van der Waals surface area contributed by atoms with Gasteiger partial charge in [0.15, 0.2) is 11.6 Å². The van der Waals surface area contributed by atoms with E-state index in [4.69, 9.17) is 30.5 Å². The summed E-state index contributed by atoms with van der Waals surface area (Å²) in [7, 11) is 0. The van der Waals surface area contributed by atoms with Crippen LogP contribution < -0.4 is 0 Å². The first-order valence-electron chi connectivity index (χ1n) is 12.7. The fraction of sp³-hybridized carbons (Fsp3) is 1.00. The van der Waals surface area contributed by atoms with Crippen molar-refractivity contribution in [1.29, 1.82) is 0 Å². The van der Waals surface area contributed by atoms with E-state index in [1.54, 1.807) is 0 Å². The monoisotopic (exact) mass is 470 g/mol. The molecule has 7 heteroatoms. The van der Waals surface area contributed by atoms with E-state index in [-0.39, 0.29) is 22.6 Å². The Morgan fingerprint density at radius 2 is 1.47 bits per heavy atom. The fourth-order valence-corrected chi connectivity index (χ4v) is 10.3. The first-order chi connectivity index (χ1) is 15.1. The summed E-state index contributed by atoms with van der Waals surface area (Å²) in [5.74, 6) is -0.499. The van der Waals surface area contributed by atoms with Gasteiger partial charge in [0, 0.05) is 11.8 Å². The van der Waals surface area contributed by atoms with E-state index in [1.807, 2.05) is 6.92 Å². The Balaban J connectivity index is 1.33. The molecule has 6 nitrogen and oxygen atoms in total. The lowest BCUT2D eigenvalue weighted by Crippen LogP contribution is -2.68. The molecule has 0 amide bonds. The molecule has 6 aliphatic rings. The van der Waals surface area contributed by atoms with Crippen molar-refractivity contribution in [3.05, 3.63) is 0 Å². The maximum Gasteiger partial charge on any atom is 0.195 e. The van der Waals surface area contributed by atoms with Crippen LogP contribution in [0, 0.1) is 34.5 Å². The van der Waals surface area contributed by atoms with Crippen molar-refractivity contribution in [3.63, 3.8) is 0 Å². The summed E-state index contributed by atoms with van der Waals surface area (Å²) in [6, 6.07) is 0. The molecular weight excluding hydrogens is 432 g/mol. The highest BCUT2D eigenvalue weighted by molar-refractivity contribution is 6.21. The van der Waals surface area contributed by atoms with E-state index < -0.39 is 28.7 Å². The Morgan fingerprint density at radius 3 is 2.16 bits per heavy atom. The molecule has 2 saturated heterocycles. The van der Waals surface area contributed by atoms with Crippen molar-refractivity contribution >= 4 is 11.6 Å². The van der Waals surface area contributed by atoms with E-state index in [0.29, 0.717) is 51.1 Å². The summed E-state index contributed by atoms with van der Waals surface area (Å²) in [5, 5.41) is 23.6. The molecular formula is C25H39ClO6. The Kier molecular flexibility index (Phi) is 4.96. The number of hydrogen-bond acceptors (Lipinski definition) is 6. The van der Waals surface area contributed by atoms with E-state index in [1.165, 1.54) is 0 Å². The van der Waals surface area contributed by atoms with Crippen LogP contribution in [0.4, 0.5) is 0 Å². The SMILES string of the molecule is CC1([C@@]2(O)CC[C@H]3[C@@H]4CC[C@H]5[C@@H](Cl)C6(CC[C@]5(C)[C@H]4[C@H](O)C[C@]32C)OCCO6)OCCO1. The lowest BCUT2D eigenvalue weighted by Gasteiger charge is -2.65. The van der Waals surface area contributed by atoms with Gasteiger partial charge in [0.1, 0.15) is 5.60 Å². The first kappa shape index (κ1) is 22.5. The topological polar surface area (TPSA) is 77.4 Å². The van der Waals surface area contributed by atoms with Crippen LogP contribution in [-0.2, 0) is 18.9 Å². The van der Waals surface area contributed by atoms with E-state index >= 15 is 0 Å². The second kappa shape index (κ2) is 7.05. The lowest BCUT2D eigenvalue weighted by atomic mass is 9.43. The lowest BCUT2D eigenvalue weighted by molar-refractivity contribution is -0.309. The van der Waals surface area contributed by atoms with E-state index in [2.05, 4.69) is 13.8 Å². The third-order valence-electron chi connectivity index (χ3n) is 11.2. The van der Waals surface area contributed by atoms with Gasteiger partial charge >= 0.3 is 0 Å². The smallest absolute Gasteiger partial charge is 0.195 e. The molecule has 0 aromatic carbocycles. The summed E-state index contributed by atoms with van der Waals surface area (Å²) in [6.45, 7) is 8.67. The van der Waals surface area contributed by atoms with Crippen LogP contribution in [0.1, 0.15) is 65.7 Å². The van der Waals surface area contributed by atoms with Gasteiger partial charge in [-0.3, -0.25) is 0 Å². The van der Waals surface area contributed by atoms with Gasteiger partial charge in [0.05, 0.1) is 37.9 Å². The molecule has 0 aromatic heterocycles. The van der Waals surface area contributed by atoms with Gasteiger partial charge in [-0.2, -0.15) is 0 Å². The Bertz CT molecular complexity index is 766. The van der Waals surface area contributed by atoms with Crippen LogP contribution in [0.5, 0.6) is 0 Å². The van der Waals surface area contributed by atoms with Gasteiger partial charge in [-0.15, -0.1) is 11.6 Å². The zero-order valence-electron chi connectivity index (χ0n) is 19.6. The van der Waals surface area contributed by atoms with Crippen molar-refractivity contribution in [2.75, 3.05) is 26.4 Å². The largest absolute Gasteiger partial charge is 0.393 e. The highest BCUT2D eigenvalue weighted by atomic mass is 35.5. The molecule has 2 aliphatic heterocycles. The van der Waals surface area contributed by atoms with E-state index in [9.17, 15) is 10.2 Å². The molecule has 2 heterocycles. The molecule has 0 radical (unpaired) electrons. The standard InChI is InChI=1S/C25H39ClO6/c1-21-8-9-24(31-12-13-32-24)20(26)17(21)5-4-15-16-6-7-25(28,23(3)29-10-11-30-23)22(16,2)14-18(27)19(15)21/h15-20,27-28H,4-14H2,1-3H3/t15-,16-,17-,18+,19+,20+,21-,22+,25+/m0/s1. The highest BCUT2D eigenvalue weighted by Gasteiger charge is 2.73. The highest BCUT2D eigenvalue weighted by Crippen LogP contribution is 2.71. The van der Waals surface area contributed by atoms with Crippen LogP contribution in [0.2, 0.25) is 0 Å². The van der Waals surface area contributed by atoms with Crippen LogP contribution in [0.25, 0.3) is 0 Å². The van der Waals surface area contributed by atoms with Gasteiger partial charge in [0.25, 0.3) is 0 Å².